The van der Waals surface area contributed by atoms with Crippen LogP contribution in [-0.2, 0) is 6.42 Å². The Morgan fingerprint density at radius 1 is 0.714 bits per heavy atom. The second-order valence-electron chi connectivity index (χ2n) is 7.40. The molecule has 0 fully saturated rings. The number of aryl methyl sites for hydroxylation is 1. The van der Waals surface area contributed by atoms with Crippen molar-refractivity contribution in [3.05, 3.63) is 47.0 Å². The molecular formula is C21H30. The normalized spacial score (nSPS) is 12.0. The molecule has 21 heavy (non-hydrogen) atoms. The standard InChI is InChI=1S/C21H30/c1-14(2)7-8-17-9-10-18-12-20(15(3)4)21(16(5)6)13-19(18)11-17/h9-16H,7-8H2,1-6H3. The van der Waals surface area contributed by atoms with Gasteiger partial charge in [-0.2, -0.15) is 0 Å². The molecule has 2 rings (SSSR count). The molecule has 2 aromatic rings. The Balaban J connectivity index is 2.45. The highest BCUT2D eigenvalue weighted by molar-refractivity contribution is 5.85. The van der Waals surface area contributed by atoms with E-state index >= 15 is 0 Å². The molecule has 0 saturated heterocycles. The van der Waals surface area contributed by atoms with E-state index in [0.29, 0.717) is 11.8 Å². The summed E-state index contributed by atoms with van der Waals surface area (Å²) in [5, 5.41) is 2.79. The topological polar surface area (TPSA) is 0 Å². The molecule has 0 heterocycles. The van der Waals surface area contributed by atoms with E-state index in [2.05, 4.69) is 71.9 Å². The van der Waals surface area contributed by atoms with Crippen molar-refractivity contribution in [3.63, 3.8) is 0 Å². The highest BCUT2D eigenvalue weighted by Gasteiger charge is 2.11. The fraction of sp³-hybridized carbons (Fsp3) is 0.524. The molecule has 2 aromatic carbocycles. The van der Waals surface area contributed by atoms with Gasteiger partial charge >= 0.3 is 0 Å². The van der Waals surface area contributed by atoms with Crippen LogP contribution in [0.5, 0.6) is 0 Å². The van der Waals surface area contributed by atoms with Crippen LogP contribution in [0, 0.1) is 5.92 Å². The van der Waals surface area contributed by atoms with Gasteiger partial charge in [0, 0.05) is 0 Å². The van der Waals surface area contributed by atoms with E-state index in [1.807, 2.05) is 0 Å². The van der Waals surface area contributed by atoms with Crippen molar-refractivity contribution in [2.75, 3.05) is 0 Å². The minimum atomic E-state index is 0.589. The van der Waals surface area contributed by atoms with E-state index in [1.165, 1.54) is 40.3 Å². The van der Waals surface area contributed by atoms with Crippen LogP contribution >= 0.6 is 0 Å². The number of rotatable bonds is 5. The van der Waals surface area contributed by atoms with Crippen molar-refractivity contribution in [2.24, 2.45) is 5.92 Å². The quantitative estimate of drug-likeness (QED) is 0.574. The monoisotopic (exact) mass is 282 g/mol. The molecule has 114 valence electrons. The van der Waals surface area contributed by atoms with Gasteiger partial charge in [-0.25, -0.2) is 0 Å². The third-order valence-corrected chi connectivity index (χ3v) is 4.36. The van der Waals surface area contributed by atoms with Crippen LogP contribution < -0.4 is 0 Å². The van der Waals surface area contributed by atoms with E-state index in [0.717, 1.165) is 5.92 Å². The van der Waals surface area contributed by atoms with Crippen molar-refractivity contribution in [3.8, 4) is 0 Å². The van der Waals surface area contributed by atoms with Crippen molar-refractivity contribution >= 4 is 10.8 Å². The van der Waals surface area contributed by atoms with Gasteiger partial charge in [0.15, 0.2) is 0 Å². The van der Waals surface area contributed by atoms with E-state index in [4.69, 9.17) is 0 Å². The summed E-state index contributed by atoms with van der Waals surface area (Å²) >= 11 is 0. The first-order valence-electron chi connectivity index (χ1n) is 8.45. The molecular weight excluding hydrogens is 252 g/mol. The van der Waals surface area contributed by atoms with E-state index in [9.17, 15) is 0 Å². The lowest BCUT2D eigenvalue weighted by molar-refractivity contribution is 0.587. The van der Waals surface area contributed by atoms with Crippen LogP contribution in [0.4, 0.5) is 0 Å². The maximum atomic E-state index is 2.42. The molecule has 0 aliphatic rings. The summed E-state index contributed by atoms with van der Waals surface area (Å²) in [7, 11) is 0. The van der Waals surface area contributed by atoms with E-state index in [-0.39, 0.29) is 0 Å². The predicted molar refractivity (Wildman–Crippen MR) is 95.3 cm³/mol. The maximum absolute atomic E-state index is 2.42. The Bertz CT molecular complexity index is 603. The SMILES string of the molecule is CC(C)CCc1ccc2cc(C(C)C)c(C(C)C)cc2c1. The van der Waals surface area contributed by atoms with Crippen LogP contribution in [0.2, 0.25) is 0 Å². The zero-order valence-electron chi connectivity index (χ0n) is 14.5. The van der Waals surface area contributed by atoms with E-state index < -0.39 is 0 Å². The zero-order chi connectivity index (χ0) is 15.6. The molecule has 0 aromatic heterocycles. The highest BCUT2D eigenvalue weighted by Crippen LogP contribution is 2.31. The van der Waals surface area contributed by atoms with Gasteiger partial charge in [0.1, 0.15) is 0 Å². The molecule has 0 N–H and O–H groups in total. The summed E-state index contributed by atoms with van der Waals surface area (Å²) in [6.07, 6.45) is 2.46. The van der Waals surface area contributed by atoms with Crippen molar-refractivity contribution in [1.82, 2.24) is 0 Å². The van der Waals surface area contributed by atoms with E-state index in [1.54, 1.807) is 0 Å². The Hall–Kier alpha value is -1.30. The minimum Gasteiger partial charge on any atom is -0.0628 e. The predicted octanol–water partition coefficient (Wildman–Crippen LogP) is 6.68. The van der Waals surface area contributed by atoms with Gasteiger partial charge in [-0.15, -0.1) is 0 Å². The largest absolute Gasteiger partial charge is 0.0628 e. The third-order valence-electron chi connectivity index (χ3n) is 4.36. The lowest BCUT2D eigenvalue weighted by Crippen LogP contribution is -1.99. The van der Waals surface area contributed by atoms with Crippen molar-refractivity contribution in [1.29, 1.82) is 0 Å². The molecule has 0 heteroatoms. The number of hydrogen-bond acceptors (Lipinski definition) is 0. The molecule has 0 aliphatic heterocycles. The Labute approximate surface area is 130 Å². The Morgan fingerprint density at radius 3 is 1.81 bits per heavy atom. The fourth-order valence-corrected chi connectivity index (χ4v) is 2.99. The number of hydrogen-bond donors (Lipinski definition) is 0. The van der Waals surface area contributed by atoms with Crippen LogP contribution in [-0.4, -0.2) is 0 Å². The van der Waals surface area contributed by atoms with Crippen molar-refractivity contribution in [2.45, 2.75) is 66.2 Å². The molecule has 0 saturated carbocycles. The van der Waals surface area contributed by atoms with Crippen molar-refractivity contribution < 1.29 is 0 Å². The fourth-order valence-electron chi connectivity index (χ4n) is 2.99. The van der Waals surface area contributed by atoms with Gasteiger partial charge in [0.2, 0.25) is 0 Å². The number of benzene rings is 2. The van der Waals surface area contributed by atoms with Gasteiger partial charge < -0.3 is 0 Å². The molecule has 0 atom stereocenters. The van der Waals surface area contributed by atoms with Crippen LogP contribution in [0.25, 0.3) is 10.8 Å². The van der Waals surface area contributed by atoms with Crippen LogP contribution in [0.3, 0.4) is 0 Å². The average molecular weight is 282 g/mol. The third kappa shape index (κ3) is 3.87. The summed E-state index contributed by atoms with van der Waals surface area (Å²) in [5.74, 6) is 1.95. The highest BCUT2D eigenvalue weighted by atomic mass is 14.2. The molecule has 0 amide bonds. The molecule has 0 unspecified atom stereocenters. The maximum Gasteiger partial charge on any atom is -0.0178 e. The Kier molecular flexibility index (Phi) is 5.08. The number of fused-ring (bicyclic) bond motifs is 1. The summed E-state index contributed by atoms with van der Waals surface area (Å²) in [6.45, 7) is 13.8. The van der Waals surface area contributed by atoms with Crippen LogP contribution in [0.15, 0.2) is 30.3 Å². The van der Waals surface area contributed by atoms with Crippen LogP contribution in [0.1, 0.15) is 76.5 Å². The summed E-state index contributed by atoms with van der Waals surface area (Å²) < 4.78 is 0. The first-order chi connectivity index (χ1) is 9.88. The lowest BCUT2D eigenvalue weighted by atomic mass is 9.87. The average Bonchev–Trinajstić information content (AvgIpc) is 2.43. The van der Waals surface area contributed by atoms with Gasteiger partial charge in [0.25, 0.3) is 0 Å². The molecule has 0 aliphatic carbocycles. The summed E-state index contributed by atoms with van der Waals surface area (Å²) in [4.78, 5) is 0. The van der Waals surface area contributed by atoms with Gasteiger partial charge in [-0.1, -0.05) is 71.9 Å². The first-order valence-corrected chi connectivity index (χ1v) is 8.45. The second kappa shape index (κ2) is 6.64. The first kappa shape index (κ1) is 16.1. The smallest absolute Gasteiger partial charge is 0.0178 e. The van der Waals surface area contributed by atoms with Gasteiger partial charge in [-0.3, -0.25) is 0 Å². The molecule has 0 spiro atoms. The summed E-state index contributed by atoms with van der Waals surface area (Å²) in [6, 6.07) is 11.8. The Morgan fingerprint density at radius 2 is 1.29 bits per heavy atom. The lowest BCUT2D eigenvalue weighted by Gasteiger charge is -2.18. The molecule has 0 radical (unpaired) electrons. The van der Waals surface area contributed by atoms with Gasteiger partial charge in [-0.05, 0) is 58.1 Å². The zero-order valence-corrected chi connectivity index (χ0v) is 14.5. The minimum absolute atomic E-state index is 0.589. The molecule has 0 bridgehead atoms. The van der Waals surface area contributed by atoms with Gasteiger partial charge in [0.05, 0.1) is 0 Å². The summed E-state index contributed by atoms with van der Waals surface area (Å²) in [5.41, 5.74) is 4.49. The molecule has 0 nitrogen and oxygen atoms in total. The second-order valence-corrected chi connectivity index (χ2v) is 7.40.